The quantitative estimate of drug-likeness (QED) is 0.312. The van der Waals surface area contributed by atoms with Crippen LogP contribution in [0.15, 0.2) is 4.99 Å². The zero-order chi connectivity index (χ0) is 22.1. The van der Waals surface area contributed by atoms with Crippen LogP contribution >= 0.6 is 0 Å². The summed E-state index contributed by atoms with van der Waals surface area (Å²) in [6.45, 7) is 15.3. The number of aliphatic imine (C=N–C) groups is 1. The summed E-state index contributed by atoms with van der Waals surface area (Å²) in [5.74, 6) is 0.753. The van der Waals surface area contributed by atoms with Gasteiger partial charge in [-0.1, -0.05) is 20.8 Å². The fourth-order valence-corrected chi connectivity index (χ4v) is 4.00. The fraction of sp³-hybridized carbons (Fsp3) is 0.895. The minimum Gasteiger partial charge on any atom is -0.378 e. The van der Waals surface area contributed by atoms with E-state index in [2.05, 4.69) is 20.5 Å². The summed E-state index contributed by atoms with van der Waals surface area (Å²) in [5.41, 5.74) is -0.420. The fourth-order valence-electron chi connectivity index (χ4n) is 2.72. The van der Waals surface area contributed by atoms with Crippen molar-refractivity contribution in [3.05, 3.63) is 0 Å². The van der Waals surface area contributed by atoms with Crippen LogP contribution < -0.4 is 10.6 Å². The molecule has 1 rings (SSSR count). The molecule has 0 saturated carbocycles. The summed E-state index contributed by atoms with van der Waals surface area (Å²) in [7, 11) is -3.31. The number of guanidine groups is 1. The predicted octanol–water partition coefficient (Wildman–Crippen LogP) is 0.487. The summed E-state index contributed by atoms with van der Waals surface area (Å²) in [4.78, 5) is 18.6. The largest absolute Gasteiger partial charge is 0.378 e. The van der Waals surface area contributed by atoms with Crippen molar-refractivity contribution in [2.75, 3.05) is 58.2 Å². The molecule has 1 aliphatic rings. The first-order valence-electron chi connectivity index (χ1n) is 10.4. The van der Waals surface area contributed by atoms with Gasteiger partial charge < -0.3 is 20.3 Å². The van der Waals surface area contributed by atoms with Crippen LogP contribution in [-0.4, -0.2) is 93.8 Å². The number of piperazine rings is 1. The Bertz CT molecular complexity index is 635. The first-order valence-corrected chi connectivity index (χ1v) is 12.0. The molecule has 0 aromatic heterocycles. The lowest BCUT2D eigenvalue weighted by Gasteiger charge is -2.36. The Morgan fingerprint density at radius 2 is 1.76 bits per heavy atom. The maximum absolute atomic E-state index is 12.5. The molecule has 0 bridgehead atoms. The van der Waals surface area contributed by atoms with Gasteiger partial charge in [-0.15, -0.1) is 0 Å². The summed E-state index contributed by atoms with van der Waals surface area (Å²) in [6, 6.07) is 0. The number of ether oxygens (including phenoxy) is 1. The van der Waals surface area contributed by atoms with E-state index >= 15 is 0 Å². The summed E-state index contributed by atoms with van der Waals surface area (Å²) in [6.07, 6.45) is 0.0223. The van der Waals surface area contributed by atoms with Gasteiger partial charge in [-0.05, 0) is 20.8 Å². The van der Waals surface area contributed by atoms with Gasteiger partial charge in [0.2, 0.25) is 15.9 Å². The number of sulfonamides is 1. The Hall–Kier alpha value is -1.39. The normalized spacial score (nSPS) is 16.9. The van der Waals surface area contributed by atoms with E-state index in [4.69, 9.17) is 4.74 Å². The lowest BCUT2D eigenvalue weighted by molar-refractivity contribution is -0.128. The second-order valence-electron chi connectivity index (χ2n) is 8.36. The van der Waals surface area contributed by atoms with Crippen molar-refractivity contribution < 1.29 is 17.9 Å². The molecule has 10 heteroatoms. The molecule has 2 N–H and O–H groups in total. The number of nitrogens with zero attached hydrogens (tertiary/aromatic N) is 3. The molecule has 0 atom stereocenters. The highest BCUT2D eigenvalue weighted by atomic mass is 32.2. The number of amides is 1. The van der Waals surface area contributed by atoms with Crippen LogP contribution in [0.25, 0.3) is 0 Å². The van der Waals surface area contributed by atoms with Crippen molar-refractivity contribution in [2.24, 2.45) is 10.4 Å². The van der Waals surface area contributed by atoms with E-state index < -0.39 is 15.4 Å². The molecule has 1 aliphatic heterocycles. The van der Waals surface area contributed by atoms with Crippen molar-refractivity contribution in [3.8, 4) is 0 Å². The zero-order valence-electron chi connectivity index (χ0n) is 18.8. The van der Waals surface area contributed by atoms with Crippen LogP contribution in [0.1, 0.15) is 41.5 Å². The minimum atomic E-state index is -3.31. The third-order valence-corrected chi connectivity index (χ3v) is 6.23. The third-order valence-electron chi connectivity index (χ3n) is 4.40. The number of carbonyl (C=O) groups excluding carboxylic acids is 1. The molecule has 1 saturated heterocycles. The van der Waals surface area contributed by atoms with Gasteiger partial charge in [0.05, 0.1) is 25.0 Å². The van der Waals surface area contributed by atoms with E-state index in [-0.39, 0.29) is 24.4 Å². The molecule has 0 radical (unpaired) electrons. The Morgan fingerprint density at radius 3 is 2.28 bits per heavy atom. The highest BCUT2D eigenvalue weighted by Gasteiger charge is 2.28. The van der Waals surface area contributed by atoms with Gasteiger partial charge in [0, 0.05) is 44.7 Å². The zero-order valence-corrected chi connectivity index (χ0v) is 19.6. The van der Waals surface area contributed by atoms with E-state index in [1.165, 1.54) is 4.31 Å². The molecule has 0 aromatic carbocycles. The molecule has 1 fully saturated rings. The molecule has 9 nitrogen and oxygen atoms in total. The smallest absolute Gasteiger partial charge is 0.225 e. The van der Waals surface area contributed by atoms with E-state index in [9.17, 15) is 13.2 Å². The molecule has 170 valence electrons. The SMILES string of the molecule is CCNC(=NCCNC(=O)C(C)(C)C)N1CCN(S(=O)(=O)CCOC(C)C)CC1. The highest BCUT2D eigenvalue weighted by Crippen LogP contribution is 2.12. The van der Waals surface area contributed by atoms with Crippen LogP contribution in [-0.2, 0) is 19.6 Å². The number of rotatable bonds is 9. The average molecular weight is 434 g/mol. The van der Waals surface area contributed by atoms with Crippen molar-refractivity contribution >= 4 is 21.9 Å². The first-order chi connectivity index (χ1) is 13.5. The predicted molar refractivity (Wildman–Crippen MR) is 116 cm³/mol. The van der Waals surface area contributed by atoms with Crippen molar-refractivity contribution in [2.45, 2.75) is 47.6 Å². The highest BCUT2D eigenvalue weighted by molar-refractivity contribution is 7.89. The third kappa shape index (κ3) is 9.31. The van der Waals surface area contributed by atoms with Crippen molar-refractivity contribution in [1.82, 2.24) is 19.8 Å². The summed E-state index contributed by atoms with van der Waals surface area (Å²) >= 11 is 0. The molecular weight excluding hydrogens is 394 g/mol. The van der Waals surface area contributed by atoms with Gasteiger partial charge in [0.1, 0.15) is 0 Å². The monoisotopic (exact) mass is 433 g/mol. The number of hydrogen-bond donors (Lipinski definition) is 2. The Balaban J connectivity index is 2.54. The van der Waals surface area contributed by atoms with Crippen LogP contribution in [0.2, 0.25) is 0 Å². The Kier molecular flexibility index (Phi) is 10.4. The van der Waals surface area contributed by atoms with Gasteiger partial charge in [0.25, 0.3) is 0 Å². The average Bonchev–Trinajstić information content (AvgIpc) is 2.63. The molecular formula is C19H39N5O4S. The molecule has 1 heterocycles. The summed E-state index contributed by atoms with van der Waals surface area (Å²) < 4.78 is 31.8. The molecule has 0 aliphatic carbocycles. The van der Waals surface area contributed by atoms with E-state index in [1.807, 2.05) is 41.5 Å². The van der Waals surface area contributed by atoms with E-state index in [1.54, 1.807) is 0 Å². The maximum atomic E-state index is 12.5. The second kappa shape index (κ2) is 11.7. The lowest BCUT2D eigenvalue weighted by atomic mass is 9.96. The number of carbonyl (C=O) groups is 1. The summed E-state index contributed by atoms with van der Waals surface area (Å²) in [5, 5.41) is 6.13. The van der Waals surface area contributed by atoms with Gasteiger partial charge in [-0.3, -0.25) is 9.79 Å². The Labute approximate surface area is 176 Å². The van der Waals surface area contributed by atoms with Gasteiger partial charge in [0.15, 0.2) is 5.96 Å². The van der Waals surface area contributed by atoms with Crippen LogP contribution in [0.4, 0.5) is 0 Å². The molecule has 0 aromatic rings. The van der Waals surface area contributed by atoms with E-state index in [0.717, 1.165) is 12.5 Å². The molecule has 0 spiro atoms. The minimum absolute atomic E-state index is 0.00188. The Morgan fingerprint density at radius 1 is 1.14 bits per heavy atom. The van der Waals surface area contributed by atoms with Crippen LogP contribution in [0, 0.1) is 5.41 Å². The first kappa shape index (κ1) is 25.6. The topological polar surface area (TPSA) is 103 Å². The maximum Gasteiger partial charge on any atom is 0.225 e. The van der Waals surface area contributed by atoms with Gasteiger partial charge in [-0.25, -0.2) is 8.42 Å². The standard InChI is InChI=1S/C19H39N5O4S/c1-7-20-18(22-9-8-21-17(25)19(4,5)6)23-10-12-24(13-11-23)29(26,27)15-14-28-16(2)3/h16H,7-15H2,1-6H3,(H,20,22)(H,21,25). The second-order valence-corrected chi connectivity index (χ2v) is 10.5. The van der Waals surface area contributed by atoms with Gasteiger partial charge >= 0.3 is 0 Å². The van der Waals surface area contributed by atoms with Crippen LogP contribution in [0.3, 0.4) is 0 Å². The van der Waals surface area contributed by atoms with E-state index in [0.29, 0.717) is 39.3 Å². The lowest BCUT2D eigenvalue weighted by Crippen LogP contribution is -2.54. The molecule has 0 unspecified atom stereocenters. The molecule has 29 heavy (non-hydrogen) atoms. The van der Waals surface area contributed by atoms with Gasteiger partial charge in [-0.2, -0.15) is 4.31 Å². The molecule has 1 amide bonds. The number of nitrogens with one attached hydrogen (secondary N) is 2. The van der Waals surface area contributed by atoms with Crippen molar-refractivity contribution in [3.63, 3.8) is 0 Å². The van der Waals surface area contributed by atoms with Crippen molar-refractivity contribution in [1.29, 1.82) is 0 Å². The number of hydrogen-bond acceptors (Lipinski definition) is 5. The van der Waals surface area contributed by atoms with Crippen LogP contribution in [0.5, 0.6) is 0 Å².